The second-order valence-corrected chi connectivity index (χ2v) is 6.35. The van der Waals surface area contributed by atoms with Crippen molar-refractivity contribution in [2.45, 2.75) is 10.6 Å². The lowest BCUT2D eigenvalue weighted by atomic mass is 10.1. The fraction of sp³-hybridized carbons (Fsp3) is 0.0500. The van der Waals surface area contributed by atoms with Gasteiger partial charge in [-0.1, -0.05) is 36.4 Å². The third kappa shape index (κ3) is 4.40. The highest BCUT2D eigenvalue weighted by atomic mass is 32.2. The molecule has 4 heteroatoms. The number of hydrogen-bond donors (Lipinski definition) is 2. The van der Waals surface area contributed by atoms with E-state index in [0.29, 0.717) is 11.3 Å². The van der Waals surface area contributed by atoms with E-state index in [2.05, 4.69) is 17.4 Å². The number of benzene rings is 3. The molecule has 0 heterocycles. The number of anilines is 1. The lowest BCUT2D eigenvalue weighted by Gasteiger charge is -2.07. The molecule has 0 aromatic heterocycles. The molecule has 0 unspecified atom stereocenters. The van der Waals surface area contributed by atoms with Crippen LogP contribution in [0.3, 0.4) is 0 Å². The summed E-state index contributed by atoms with van der Waals surface area (Å²) in [4.78, 5) is 13.4. The Morgan fingerprint density at radius 1 is 0.917 bits per heavy atom. The van der Waals surface area contributed by atoms with E-state index < -0.39 is 0 Å². The molecule has 3 aromatic carbocycles. The Bertz CT molecular complexity index is 817. The summed E-state index contributed by atoms with van der Waals surface area (Å²) in [5, 5.41) is 12.2. The molecular formula is C20H17NO2S. The zero-order valence-corrected chi connectivity index (χ0v) is 13.8. The smallest absolute Gasteiger partial charge is 0.255 e. The number of amides is 1. The lowest BCUT2D eigenvalue weighted by Crippen LogP contribution is -2.11. The molecule has 0 aliphatic carbocycles. The minimum atomic E-state index is -0.192. The molecule has 0 atom stereocenters. The number of nitrogens with one attached hydrogen (secondary N) is 1. The summed E-state index contributed by atoms with van der Waals surface area (Å²) < 4.78 is 0. The highest BCUT2D eigenvalue weighted by molar-refractivity contribution is 7.98. The minimum absolute atomic E-state index is 0.126. The van der Waals surface area contributed by atoms with Crippen molar-refractivity contribution < 1.29 is 9.90 Å². The van der Waals surface area contributed by atoms with E-state index in [9.17, 15) is 9.90 Å². The van der Waals surface area contributed by atoms with Crippen molar-refractivity contribution in [1.82, 2.24) is 0 Å². The summed E-state index contributed by atoms with van der Waals surface area (Å²) >= 11 is 1.76. The van der Waals surface area contributed by atoms with Crippen LogP contribution in [0.5, 0.6) is 5.75 Å². The maximum Gasteiger partial charge on any atom is 0.255 e. The van der Waals surface area contributed by atoms with Crippen LogP contribution in [-0.4, -0.2) is 11.0 Å². The molecule has 3 aromatic rings. The summed E-state index contributed by atoms with van der Waals surface area (Å²) in [7, 11) is 0. The van der Waals surface area contributed by atoms with Gasteiger partial charge in [-0.3, -0.25) is 4.79 Å². The number of hydrogen-bond acceptors (Lipinski definition) is 3. The average Bonchev–Trinajstić information content (AvgIpc) is 2.61. The Morgan fingerprint density at radius 2 is 1.67 bits per heavy atom. The average molecular weight is 335 g/mol. The van der Waals surface area contributed by atoms with Crippen LogP contribution in [0.4, 0.5) is 5.69 Å². The zero-order chi connectivity index (χ0) is 16.8. The second kappa shape index (κ2) is 7.70. The van der Waals surface area contributed by atoms with Crippen molar-refractivity contribution in [3.05, 3.63) is 90.0 Å². The Balaban J connectivity index is 1.60. The van der Waals surface area contributed by atoms with Crippen molar-refractivity contribution in [3.8, 4) is 5.75 Å². The number of phenolic OH excluding ortho intramolecular Hbond substituents is 1. The highest BCUT2D eigenvalue weighted by Gasteiger charge is 2.06. The number of phenols is 1. The van der Waals surface area contributed by atoms with Crippen molar-refractivity contribution in [3.63, 3.8) is 0 Å². The Labute approximate surface area is 145 Å². The van der Waals surface area contributed by atoms with Gasteiger partial charge in [0.2, 0.25) is 0 Å². The van der Waals surface area contributed by atoms with Gasteiger partial charge in [0.25, 0.3) is 5.91 Å². The quantitative estimate of drug-likeness (QED) is 0.650. The summed E-state index contributed by atoms with van der Waals surface area (Å²) in [6, 6.07) is 24.3. The van der Waals surface area contributed by atoms with E-state index in [1.54, 1.807) is 30.0 Å². The van der Waals surface area contributed by atoms with Gasteiger partial charge in [-0.05, 0) is 42.0 Å². The lowest BCUT2D eigenvalue weighted by molar-refractivity contribution is 0.102. The van der Waals surface area contributed by atoms with E-state index in [1.807, 2.05) is 42.5 Å². The molecule has 0 saturated carbocycles. The maximum atomic E-state index is 12.2. The molecule has 0 radical (unpaired) electrons. The largest absolute Gasteiger partial charge is 0.508 e. The van der Waals surface area contributed by atoms with Gasteiger partial charge in [0.05, 0.1) is 0 Å². The first-order chi connectivity index (χ1) is 11.7. The summed E-state index contributed by atoms with van der Waals surface area (Å²) in [5.74, 6) is 0.794. The van der Waals surface area contributed by atoms with Crippen molar-refractivity contribution >= 4 is 23.4 Å². The van der Waals surface area contributed by atoms with Crippen LogP contribution in [0.15, 0.2) is 83.8 Å². The zero-order valence-electron chi connectivity index (χ0n) is 13.0. The van der Waals surface area contributed by atoms with E-state index in [4.69, 9.17) is 0 Å². The van der Waals surface area contributed by atoms with Crippen LogP contribution in [0.2, 0.25) is 0 Å². The van der Waals surface area contributed by atoms with Gasteiger partial charge in [-0.25, -0.2) is 0 Å². The number of aromatic hydroxyl groups is 1. The third-order valence-corrected chi connectivity index (χ3v) is 4.55. The first-order valence-electron chi connectivity index (χ1n) is 7.58. The van der Waals surface area contributed by atoms with Gasteiger partial charge >= 0.3 is 0 Å². The standard InChI is InChI=1S/C20H17NO2S/c22-18-6-4-5-17(13-18)21-20(23)16-11-9-15(10-12-16)14-24-19-7-2-1-3-8-19/h1-13,22H,14H2,(H,21,23). The predicted molar refractivity (Wildman–Crippen MR) is 98.5 cm³/mol. The Hall–Kier alpha value is -2.72. The molecule has 2 N–H and O–H groups in total. The first kappa shape index (κ1) is 16.1. The SMILES string of the molecule is O=C(Nc1cccc(O)c1)c1ccc(CSc2ccccc2)cc1. The van der Waals surface area contributed by atoms with Crippen LogP contribution in [-0.2, 0) is 5.75 Å². The minimum Gasteiger partial charge on any atom is -0.508 e. The van der Waals surface area contributed by atoms with Crippen molar-refractivity contribution in [2.75, 3.05) is 5.32 Å². The van der Waals surface area contributed by atoms with Crippen LogP contribution < -0.4 is 5.32 Å². The molecule has 3 rings (SSSR count). The van der Waals surface area contributed by atoms with E-state index in [-0.39, 0.29) is 11.7 Å². The highest BCUT2D eigenvalue weighted by Crippen LogP contribution is 2.22. The fourth-order valence-corrected chi connectivity index (χ4v) is 3.10. The third-order valence-electron chi connectivity index (χ3n) is 3.47. The van der Waals surface area contributed by atoms with E-state index >= 15 is 0 Å². The summed E-state index contributed by atoms with van der Waals surface area (Å²) in [5.41, 5.74) is 2.33. The molecule has 0 saturated heterocycles. The molecule has 0 bridgehead atoms. The molecule has 1 amide bonds. The topological polar surface area (TPSA) is 49.3 Å². The van der Waals surface area contributed by atoms with Crippen LogP contribution >= 0.6 is 11.8 Å². The van der Waals surface area contributed by atoms with E-state index in [1.165, 1.54) is 11.0 Å². The number of carbonyl (C=O) groups is 1. The van der Waals surface area contributed by atoms with Crippen LogP contribution in [0, 0.1) is 0 Å². The maximum absolute atomic E-state index is 12.2. The van der Waals surface area contributed by atoms with Gasteiger partial charge in [0.1, 0.15) is 5.75 Å². The first-order valence-corrected chi connectivity index (χ1v) is 8.56. The van der Waals surface area contributed by atoms with Gasteiger partial charge in [-0.15, -0.1) is 11.8 Å². The Morgan fingerprint density at radius 3 is 2.38 bits per heavy atom. The molecule has 0 aliphatic rings. The number of rotatable bonds is 5. The number of thioether (sulfide) groups is 1. The van der Waals surface area contributed by atoms with Gasteiger partial charge < -0.3 is 10.4 Å². The molecular weight excluding hydrogens is 318 g/mol. The number of carbonyl (C=O) groups excluding carboxylic acids is 1. The van der Waals surface area contributed by atoms with Crippen molar-refractivity contribution in [1.29, 1.82) is 0 Å². The Kier molecular flexibility index (Phi) is 5.18. The van der Waals surface area contributed by atoms with Gasteiger partial charge in [0, 0.05) is 28.0 Å². The van der Waals surface area contributed by atoms with Gasteiger partial charge in [-0.2, -0.15) is 0 Å². The van der Waals surface area contributed by atoms with Gasteiger partial charge in [0.15, 0.2) is 0 Å². The molecule has 24 heavy (non-hydrogen) atoms. The molecule has 0 aliphatic heterocycles. The summed E-state index contributed by atoms with van der Waals surface area (Å²) in [6.45, 7) is 0. The van der Waals surface area contributed by atoms with Crippen LogP contribution in [0.25, 0.3) is 0 Å². The fourth-order valence-electron chi connectivity index (χ4n) is 2.22. The second-order valence-electron chi connectivity index (χ2n) is 5.30. The summed E-state index contributed by atoms with van der Waals surface area (Å²) in [6.07, 6.45) is 0. The molecule has 0 fully saturated rings. The van der Waals surface area contributed by atoms with Crippen molar-refractivity contribution in [2.24, 2.45) is 0 Å². The molecule has 0 spiro atoms. The molecule has 3 nitrogen and oxygen atoms in total. The predicted octanol–water partition coefficient (Wildman–Crippen LogP) is 4.94. The van der Waals surface area contributed by atoms with Crippen LogP contribution in [0.1, 0.15) is 15.9 Å². The normalized spacial score (nSPS) is 10.3. The monoisotopic (exact) mass is 335 g/mol. The molecule has 120 valence electrons. The van der Waals surface area contributed by atoms with E-state index in [0.717, 1.165) is 11.3 Å².